The second kappa shape index (κ2) is 7.77. The Morgan fingerprint density at radius 2 is 1.96 bits per heavy atom. The van der Waals surface area contributed by atoms with Gasteiger partial charge in [0.15, 0.2) is 5.70 Å². The fraction of sp³-hybridized carbons (Fsp3) is 0.105. The molecule has 2 aromatic carbocycles. The minimum atomic E-state index is -2.95. The number of aliphatic imine (C=N–C) groups is 1. The fourth-order valence-electron chi connectivity index (χ4n) is 2.36. The Bertz CT molecular complexity index is 937. The van der Waals surface area contributed by atoms with Crippen molar-refractivity contribution in [2.24, 2.45) is 4.99 Å². The third-order valence-corrected chi connectivity index (χ3v) is 3.46. The summed E-state index contributed by atoms with van der Waals surface area (Å²) in [6.45, 7) is -1.55. The summed E-state index contributed by atoms with van der Waals surface area (Å²) in [5.74, 6) is -0.906. The number of esters is 1. The Hall–Kier alpha value is -3.55. The van der Waals surface area contributed by atoms with Gasteiger partial charge in [-0.3, -0.25) is 4.79 Å². The summed E-state index contributed by atoms with van der Waals surface area (Å²) in [5, 5.41) is 2.64. The standard InChI is InChI=1S/C19H14F2N2O4/c1-11(24)22-14-7-5-12(6-8-14)9-16-18(25)27-17(23-16)13-3-2-4-15(10-13)26-19(20)21/h2-10,19H,1H3,(H,22,24)/b16-9-. The summed E-state index contributed by atoms with van der Waals surface area (Å²) in [5.41, 5.74) is 1.71. The van der Waals surface area contributed by atoms with Gasteiger partial charge in [0.05, 0.1) is 0 Å². The zero-order valence-electron chi connectivity index (χ0n) is 14.1. The minimum absolute atomic E-state index is 0.000771. The van der Waals surface area contributed by atoms with Gasteiger partial charge in [0.2, 0.25) is 11.8 Å². The van der Waals surface area contributed by atoms with E-state index in [4.69, 9.17) is 4.74 Å². The van der Waals surface area contributed by atoms with E-state index in [1.54, 1.807) is 30.3 Å². The van der Waals surface area contributed by atoms with Crippen molar-refractivity contribution in [1.82, 2.24) is 0 Å². The summed E-state index contributed by atoms with van der Waals surface area (Å²) in [6.07, 6.45) is 1.52. The van der Waals surface area contributed by atoms with Crippen LogP contribution in [0, 0.1) is 0 Å². The van der Waals surface area contributed by atoms with E-state index in [1.807, 2.05) is 0 Å². The Kier molecular flexibility index (Phi) is 5.25. The molecule has 0 fully saturated rings. The first-order valence-electron chi connectivity index (χ1n) is 7.86. The average Bonchev–Trinajstić information content (AvgIpc) is 2.97. The van der Waals surface area contributed by atoms with Crippen LogP contribution in [0.2, 0.25) is 0 Å². The van der Waals surface area contributed by atoms with Crippen molar-refractivity contribution >= 4 is 29.5 Å². The highest BCUT2D eigenvalue weighted by atomic mass is 19.3. The van der Waals surface area contributed by atoms with Gasteiger partial charge in [0.1, 0.15) is 5.75 Å². The molecule has 138 valence electrons. The number of carbonyl (C=O) groups is 2. The first-order valence-corrected chi connectivity index (χ1v) is 7.86. The van der Waals surface area contributed by atoms with Crippen molar-refractivity contribution in [1.29, 1.82) is 0 Å². The van der Waals surface area contributed by atoms with Crippen LogP contribution in [0.3, 0.4) is 0 Å². The van der Waals surface area contributed by atoms with Crippen LogP contribution in [0.5, 0.6) is 5.75 Å². The van der Waals surface area contributed by atoms with Gasteiger partial charge in [0.25, 0.3) is 0 Å². The number of cyclic esters (lactones) is 1. The molecular formula is C19H14F2N2O4. The Labute approximate surface area is 153 Å². The third kappa shape index (κ3) is 4.75. The van der Waals surface area contributed by atoms with Crippen LogP contribution >= 0.6 is 0 Å². The lowest BCUT2D eigenvalue weighted by molar-refractivity contribution is -0.130. The molecule has 0 unspecified atom stereocenters. The molecule has 3 rings (SSSR count). The molecule has 0 radical (unpaired) electrons. The van der Waals surface area contributed by atoms with E-state index in [9.17, 15) is 18.4 Å². The van der Waals surface area contributed by atoms with Crippen molar-refractivity contribution in [3.05, 3.63) is 65.4 Å². The number of benzene rings is 2. The van der Waals surface area contributed by atoms with Gasteiger partial charge in [0, 0.05) is 18.2 Å². The number of hydrogen-bond donors (Lipinski definition) is 1. The number of halogens is 2. The van der Waals surface area contributed by atoms with Gasteiger partial charge in [-0.15, -0.1) is 0 Å². The number of anilines is 1. The van der Waals surface area contributed by atoms with Gasteiger partial charge in [-0.2, -0.15) is 8.78 Å². The number of nitrogens with zero attached hydrogens (tertiary/aromatic N) is 1. The summed E-state index contributed by atoms with van der Waals surface area (Å²) in [4.78, 5) is 27.2. The molecule has 0 aliphatic carbocycles. The molecule has 0 spiro atoms. The normalized spacial score (nSPS) is 14.9. The van der Waals surface area contributed by atoms with Crippen LogP contribution < -0.4 is 10.1 Å². The average molecular weight is 372 g/mol. The van der Waals surface area contributed by atoms with Gasteiger partial charge in [-0.05, 0) is 42.0 Å². The monoisotopic (exact) mass is 372 g/mol. The summed E-state index contributed by atoms with van der Waals surface area (Å²) in [7, 11) is 0. The minimum Gasteiger partial charge on any atom is -0.435 e. The zero-order valence-corrected chi connectivity index (χ0v) is 14.1. The van der Waals surface area contributed by atoms with Gasteiger partial charge < -0.3 is 14.8 Å². The van der Waals surface area contributed by atoms with E-state index >= 15 is 0 Å². The number of nitrogens with one attached hydrogen (secondary N) is 1. The largest absolute Gasteiger partial charge is 0.435 e. The van der Waals surface area contributed by atoms with Crippen molar-refractivity contribution in [3.63, 3.8) is 0 Å². The highest BCUT2D eigenvalue weighted by molar-refractivity contribution is 6.13. The molecule has 2 aromatic rings. The molecule has 6 nitrogen and oxygen atoms in total. The lowest BCUT2D eigenvalue weighted by Crippen LogP contribution is -2.07. The summed E-state index contributed by atoms with van der Waals surface area (Å²) >= 11 is 0. The maximum absolute atomic E-state index is 12.3. The molecule has 27 heavy (non-hydrogen) atoms. The Balaban J connectivity index is 1.81. The molecule has 0 atom stereocenters. The fourth-order valence-corrected chi connectivity index (χ4v) is 2.36. The smallest absolute Gasteiger partial charge is 0.387 e. The van der Waals surface area contributed by atoms with Crippen LogP contribution in [-0.2, 0) is 14.3 Å². The van der Waals surface area contributed by atoms with Crippen molar-refractivity contribution in [3.8, 4) is 5.75 Å². The number of hydrogen-bond acceptors (Lipinski definition) is 5. The molecule has 1 N–H and O–H groups in total. The second-order valence-corrected chi connectivity index (χ2v) is 5.55. The van der Waals surface area contributed by atoms with Crippen molar-refractivity contribution in [2.45, 2.75) is 13.5 Å². The molecule has 1 aliphatic rings. The number of alkyl halides is 2. The second-order valence-electron chi connectivity index (χ2n) is 5.55. The summed E-state index contributed by atoms with van der Waals surface area (Å²) in [6, 6.07) is 12.5. The van der Waals surface area contributed by atoms with Crippen LogP contribution in [0.15, 0.2) is 59.2 Å². The van der Waals surface area contributed by atoms with Crippen LogP contribution in [-0.4, -0.2) is 24.4 Å². The molecular weight excluding hydrogens is 358 g/mol. The van der Waals surface area contributed by atoms with E-state index in [2.05, 4.69) is 15.0 Å². The predicted octanol–water partition coefficient (Wildman–Crippen LogP) is 3.59. The molecule has 0 aromatic heterocycles. The number of amides is 1. The van der Waals surface area contributed by atoms with Gasteiger partial charge in [-0.1, -0.05) is 18.2 Å². The zero-order chi connectivity index (χ0) is 19.4. The first kappa shape index (κ1) is 18.2. The molecule has 0 bridgehead atoms. The molecule has 8 heteroatoms. The van der Waals surface area contributed by atoms with Crippen molar-refractivity contribution in [2.75, 3.05) is 5.32 Å². The SMILES string of the molecule is CC(=O)Nc1ccc(/C=C2\N=C(c3cccc(OC(F)F)c3)OC2=O)cc1. The highest BCUT2D eigenvalue weighted by Gasteiger charge is 2.24. The van der Waals surface area contributed by atoms with E-state index in [0.717, 1.165) is 0 Å². The predicted molar refractivity (Wildman–Crippen MR) is 94.4 cm³/mol. The highest BCUT2D eigenvalue weighted by Crippen LogP contribution is 2.23. The lowest BCUT2D eigenvalue weighted by atomic mass is 10.1. The van der Waals surface area contributed by atoms with Crippen molar-refractivity contribution < 1.29 is 27.8 Å². The first-order chi connectivity index (χ1) is 12.9. The van der Waals surface area contributed by atoms with E-state index in [0.29, 0.717) is 16.8 Å². The van der Waals surface area contributed by atoms with Crippen LogP contribution in [0.4, 0.5) is 14.5 Å². The molecule has 1 aliphatic heterocycles. The maximum atomic E-state index is 12.3. The number of rotatable bonds is 5. The molecule has 1 amide bonds. The maximum Gasteiger partial charge on any atom is 0.387 e. The number of ether oxygens (including phenoxy) is 2. The Morgan fingerprint density at radius 3 is 2.63 bits per heavy atom. The van der Waals surface area contributed by atoms with Crippen LogP contribution in [0.25, 0.3) is 6.08 Å². The van der Waals surface area contributed by atoms with E-state index in [1.165, 1.54) is 31.2 Å². The Morgan fingerprint density at radius 1 is 1.22 bits per heavy atom. The van der Waals surface area contributed by atoms with E-state index in [-0.39, 0.29) is 23.3 Å². The topological polar surface area (TPSA) is 77.0 Å². The molecule has 0 saturated carbocycles. The third-order valence-electron chi connectivity index (χ3n) is 3.46. The quantitative estimate of drug-likeness (QED) is 0.643. The van der Waals surface area contributed by atoms with Gasteiger partial charge in [-0.25, -0.2) is 9.79 Å². The van der Waals surface area contributed by atoms with E-state index < -0.39 is 12.6 Å². The van der Waals surface area contributed by atoms with Crippen LogP contribution in [0.1, 0.15) is 18.1 Å². The number of carbonyl (C=O) groups excluding carboxylic acids is 2. The lowest BCUT2D eigenvalue weighted by Gasteiger charge is -2.05. The summed E-state index contributed by atoms with van der Waals surface area (Å²) < 4.78 is 34.1. The molecule has 1 heterocycles. The van der Waals surface area contributed by atoms with Gasteiger partial charge >= 0.3 is 12.6 Å². The molecule has 0 saturated heterocycles.